The standard InChI is InChI=1S/C10H18N3O2/c1-10(2,9(11)15)7-8(14)13-5-3-12-4-6-13/h7,12H,3-6H2,1-2H3,(H2,11,15). The third-order valence-corrected chi connectivity index (χ3v) is 2.55. The Morgan fingerprint density at radius 1 is 1.33 bits per heavy atom. The lowest BCUT2D eigenvalue weighted by atomic mass is 9.88. The lowest BCUT2D eigenvalue weighted by Gasteiger charge is -2.30. The van der Waals surface area contributed by atoms with E-state index in [1.807, 2.05) is 0 Å². The van der Waals surface area contributed by atoms with Gasteiger partial charge in [0.2, 0.25) is 11.8 Å². The maximum absolute atomic E-state index is 11.8. The highest BCUT2D eigenvalue weighted by Crippen LogP contribution is 2.19. The number of nitrogens with one attached hydrogen (secondary N) is 1. The van der Waals surface area contributed by atoms with Crippen molar-refractivity contribution in [2.45, 2.75) is 13.8 Å². The molecular formula is C10H18N3O2. The summed E-state index contributed by atoms with van der Waals surface area (Å²) in [6.45, 7) is 6.27. The fourth-order valence-corrected chi connectivity index (χ4v) is 1.36. The number of rotatable bonds is 3. The maximum atomic E-state index is 11.8. The second kappa shape index (κ2) is 4.61. The minimum Gasteiger partial charge on any atom is -0.369 e. The van der Waals surface area contributed by atoms with Crippen LogP contribution in [-0.2, 0) is 9.59 Å². The van der Waals surface area contributed by atoms with Gasteiger partial charge >= 0.3 is 0 Å². The average molecular weight is 212 g/mol. The summed E-state index contributed by atoms with van der Waals surface area (Å²) in [5.74, 6) is -0.591. The zero-order valence-electron chi connectivity index (χ0n) is 9.25. The fourth-order valence-electron chi connectivity index (χ4n) is 1.36. The summed E-state index contributed by atoms with van der Waals surface area (Å²) in [4.78, 5) is 24.5. The monoisotopic (exact) mass is 212 g/mol. The predicted molar refractivity (Wildman–Crippen MR) is 56.7 cm³/mol. The molecule has 0 aromatic carbocycles. The molecule has 0 aliphatic carbocycles. The van der Waals surface area contributed by atoms with Gasteiger partial charge < -0.3 is 16.0 Å². The van der Waals surface area contributed by atoms with E-state index in [4.69, 9.17) is 5.73 Å². The van der Waals surface area contributed by atoms with Crippen LogP contribution in [0, 0.1) is 11.8 Å². The highest BCUT2D eigenvalue weighted by Gasteiger charge is 2.31. The molecular weight excluding hydrogens is 194 g/mol. The van der Waals surface area contributed by atoms with E-state index in [1.165, 1.54) is 6.42 Å². The van der Waals surface area contributed by atoms with Gasteiger partial charge in [-0.3, -0.25) is 9.59 Å². The highest BCUT2D eigenvalue weighted by atomic mass is 16.2. The number of piperazine rings is 1. The van der Waals surface area contributed by atoms with Crippen molar-refractivity contribution >= 4 is 11.8 Å². The summed E-state index contributed by atoms with van der Waals surface area (Å²) >= 11 is 0. The number of hydrogen-bond acceptors (Lipinski definition) is 3. The SMILES string of the molecule is CC(C)([CH]C(=O)N1CCNCC1)C(N)=O. The van der Waals surface area contributed by atoms with Crippen molar-refractivity contribution in [3.05, 3.63) is 6.42 Å². The molecule has 0 aromatic rings. The van der Waals surface area contributed by atoms with Crippen molar-refractivity contribution < 1.29 is 9.59 Å². The molecule has 0 bridgehead atoms. The Morgan fingerprint density at radius 3 is 2.33 bits per heavy atom. The summed E-state index contributed by atoms with van der Waals surface area (Å²) in [7, 11) is 0. The number of amides is 2. The van der Waals surface area contributed by atoms with Crippen molar-refractivity contribution in [3.8, 4) is 0 Å². The maximum Gasteiger partial charge on any atom is 0.227 e. The Hall–Kier alpha value is -1.10. The van der Waals surface area contributed by atoms with Gasteiger partial charge in [-0.1, -0.05) is 13.8 Å². The molecule has 1 fully saturated rings. The molecule has 3 N–H and O–H groups in total. The lowest BCUT2D eigenvalue weighted by Crippen LogP contribution is -2.48. The van der Waals surface area contributed by atoms with Gasteiger partial charge in [0, 0.05) is 26.2 Å². The van der Waals surface area contributed by atoms with E-state index in [9.17, 15) is 9.59 Å². The Morgan fingerprint density at radius 2 is 1.87 bits per heavy atom. The topological polar surface area (TPSA) is 75.4 Å². The molecule has 1 saturated heterocycles. The van der Waals surface area contributed by atoms with Crippen LogP contribution in [0.2, 0.25) is 0 Å². The number of nitrogens with two attached hydrogens (primary N) is 1. The summed E-state index contributed by atoms with van der Waals surface area (Å²) in [5, 5.41) is 3.16. The number of primary amides is 1. The summed E-state index contributed by atoms with van der Waals surface area (Å²) in [6, 6.07) is 0. The van der Waals surface area contributed by atoms with Gasteiger partial charge in [-0.2, -0.15) is 0 Å². The van der Waals surface area contributed by atoms with Crippen molar-refractivity contribution in [1.82, 2.24) is 10.2 Å². The van der Waals surface area contributed by atoms with E-state index in [2.05, 4.69) is 5.32 Å². The van der Waals surface area contributed by atoms with Crippen LogP contribution < -0.4 is 11.1 Å². The first-order chi connectivity index (χ1) is 6.93. The third kappa shape index (κ3) is 3.20. The Balaban J connectivity index is 2.50. The number of carbonyl (C=O) groups is 2. The molecule has 1 aliphatic rings. The van der Waals surface area contributed by atoms with Crippen LogP contribution in [0.25, 0.3) is 0 Å². The normalized spacial score (nSPS) is 17.6. The largest absolute Gasteiger partial charge is 0.369 e. The first-order valence-electron chi connectivity index (χ1n) is 5.09. The quantitative estimate of drug-likeness (QED) is 0.639. The highest BCUT2D eigenvalue weighted by molar-refractivity contribution is 5.94. The zero-order valence-corrected chi connectivity index (χ0v) is 9.25. The summed E-state index contributed by atoms with van der Waals surface area (Å²) < 4.78 is 0. The molecule has 0 spiro atoms. The van der Waals surface area contributed by atoms with Crippen LogP contribution in [0.15, 0.2) is 0 Å². The molecule has 0 atom stereocenters. The van der Waals surface area contributed by atoms with E-state index in [0.29, 0.717) is 13.1 Å². The van der Waals surface area contributed by atoms with Crippen LogP contribution in [0.3, 0.4) is 0 Å². The molecule has 1 aliphatic heterocycles. The molecule has 1 radical (unpaired) electrons. The van der Waals surface area contributed by atoms with E-state index in [1.54, 1.807) is 18.7 Å². The molecule has 0 aromatic heterocycles. The number of carbonyl (C=O) groups excluding carboxylic acids is 2. The van der Waals surface area contributed by atoms with E-state index < -0.39 is 11.3 Å². The molecule has 2 amide bonds. The van der Waals surface area contributed by atoms with Gasteiger partial charge in [0.1, 0.15) is 0 Å². The molecule has 85 valence electrons. The second-order valence-electron chi connectivity index (χ2n) is 4.31. The smallest absolute Gasteiger partial charge is 0.227 e. The molecule has 5 nitrogen and oxygen atoms in total. The first-order valence-corrected chi connectivity index (χ1v) is 5.09. The molecule has 5 heteroatoms. The number of hydrogen-bond donors (Lipinski definition) is 2. The average Bonchev–Trinajstić information content (AvgIpc) is 2.18. The van der Waals surface area contributed by atoms with Crippen molar-refractivity contribution in [1.29, 1.82) is 0 Å². The Labute approximate surface area is 90.0 Å². The predicted octanol–water partition coefficient (Wildman–Crippen LogP) is -0.866. The number of nitrogens with zero attached hydrogens (tertiary/aromatic N) is 1. The molecule has 0 saturated carbocycles. The zero-order chi connectivity index (χ0) is 11.5. The molecule has 15 heavy (non-hydrogen) atoms. The van der Waals surface area contributed by atoms with Crippen molar-refractivity contribution in [3.63, 3.8) is 0 Å². The van der Waals surface area contributed by atoms with Crippen LogP contribution in [-0.4, -0.2) is 42.9 Å². The van der Waals surface area contributed by atoms with Crippen LogP contribution in [0.5, 0.6) is 0 Å². The lowest BCUT2D eigenvalue weighted by molar-refractivity contribution is -0.133. The Kier molecular flexibility index (Phi) is 3.68. The summed E-state index contributed by atoms with van der Waals surface area (Å²) in [6.07, 6.45) is 1.40. The van der Waals surface area contributed by atoms with Gasteiger partial charge in [-0.25, -0.2) is 0 Å². The van der Waals surface area contributed by atoms with Crippen LogP contribution >= 0.6 is 0 Å². The van der Waals surface area contributed by atoms with Gasteiger partial charge in [-0.15, -0.1) is 0 Å². The fraction of sp³-hybridized carbons (Fsp3) is 0.700. The van der Waals surface area contributed by atoms with Crippen molar-refractivity contribution in [2.75, 3.05) is 26.2 Å². The van der Waals surface area contributed by atoms with Crippen molar-refractivity contribution in [2.24, 2.45) is 11.1 Å². The van der Waals surface area contributed by atoms with E-state index in [0.717, 1.165) is 13.1 Å². The van der Waals surface area contributed by atoms with Gasteiger partial charge in [0.25, 0.3) is 0 Å². The molecule has 1 rings (SSSR count). The van der Waals surface area contributed by atoms with E-state index in [-0.39, 0.29) is 5.91 Å². The van der Waals surface area contributed by atoms with Gasteiger partial charge in [0.15, 0.2) is 0 Å². The molecule has 1 heterocycles. The van der Waals surface area contributed by atoms with Crippen LogP contribution in [0.4, 0.5) is 0 Å². The first kappa shape index (κ1) is 12.0. The van der Waals surface area contributed by atoms with E-state index >= 15 is 0 Å². The Bertz CT molecular complexity index is 257. The summed E-state index contributed by atoms with van der Waals surface area (Å²) in [5.41, 5.74) is 4.32. The van der Waals surface area contributed by atoms with Gasteiger partial charge in [-0.05, 0) is 0 Å². The molecule has 0 unspecified atom stereocenters. The third-order valence-electron chi connectivity index (χ3n) is 2.55. The minimum atomic E-state index is -0.873. The minimum absolute atomic E-state index is 0.111. The van der Waals surface area contributed by atoms with Gasteiger partial charge in [0.05, 0.1) is 11.8 Å². The second-order valence-corrected chi connectivity index (χ2v) is 4.31. The van der Waals surface area contributed by atoms with Crippen LogP contribution in [0.1, 0.15) is 13.8 Å².